The van der Waals surface area contributed by atoms with Crippen molar-refractivity contribution in [2.45, 2.75) is 51.9 Å². The summed E-state index contributed by atoms with van der Waals surface area (Å²) in [6.07, 6.45) is -0.0200. The standard InChI is InChI=1S/C17H23NO4/c1-12-10-17(12,18-15(20)22-16(2,3)4)14(19)21-11-13-8-6-5-7-9-13/h5-9,12H,10-11H2,1-4H3,(H,18,20)/t12-,17-/m0/s1. The second-order valence-electron chi connectivity index (χ2n) is 6.77. The van der Waals surface area contributed by atoms with Crippen LogP contribution in [0.5, 0.6) is 0 Å². The molecule has 1 fully saturated rings. The van der Waals surface area contributed by atoms with Crippen LogP contribution < -0.4 is 5.32 Å². The molecule has 0 radical (unpaired) electrons. The monoisotopic (exact) mass is 305 g/mol. The summed E-state index contributed by atoms with van der Waals surface area (Å²) in [6.45, 7) is 7.45. The van der Waals surface area contributed by atoms with Crippen LogP contribution in [-0.2, 0) is 20.9 Å². The molecule has 0 aromatic heterocycles. The summed E-state index contributed by atoms with van der Waals surface area (Å²) in [5, 5.41) is 2.67. The zero-order valence-corrected chi connectivity index (χ0v) is 13.5. The number of esters is 1. The van der Waals surface area contributed by atoms with Crippen LogP contribution >= 0.6 is 0 Å². The Kier molecular flexibility index (Phi) is 4.44. The SMILES string of the molecule is C[C@H]1C[C@@]1(NC(=O)OC(C)(C)C)C(=O)OCc1ccccc1. The smallest absolute Gasteiger partial charge is 0.408 e. The van der Waals surface area contributed by atoms with Gasteiger partial charge in [0.2, 0.25) is 0 Å². The number of carbonyl (C=O) groups excluding carboxylic acids is 2. The van der Waals surface area contributed by atoms with Gasteiger partial charge in [0, 0.05) is 0 Å². The third-order valence-corrected chi connectivity index (χ3v) is 3.61. The zero-order valence-electron chi connectivity index (χ0n) is 13.5. The molecule has 1 aliphatic carbocycles. The minimum atomic E-state index is -0.947. The highest BCUT2D eigenvalue weighted by Crippen LogP contribution is 2.44. The van der Waals surface area contributed by atoms with Gasteiger partial charge in [-0.25, -0.2) is 9.59 Å². The van der Waals surface area contributed by atoms with Gasteiger partial charge in [-0.1, -0.05) is 37.3 Å². The van der Waals surface area contributed by atoms with E-state index in [4.69, 9.17) is 9.47 Å². The normalized spacial score (nSPS) is 23.5. The molecule has 2 atom stereocenters. The van der Waals surface area contributed by atoms with E-state index in [0.29, 0.717) is 6.42 Å². The summed E-state index contributed by atoms with van der Waals surface area (Å²) < 4.78 is 10.6. The van der Waals surface area contributed by atoms with E-state index in [0.717, 1.165) is 5.56 Å². The molecule has 120 valence electrons. The van der Waals surface area contributed by atoms with Crippen LogP contribution in [0.15, 0.2) is 30.3 Å². The largest absolute Gasteiger partial charge is 0.459 e. The van der Waals surface area contributed by atoms with Crippen molar-refractivity contribution in [3.05, 3.63) is 35.9 Å². The topological polar surface area (TPSA) is 64.6 Å². The minimum Gasteiger partial charge on any atom is -0.459 e. The Morgan fingerprint density at radius 1 is 1.27 bits per heavy atom. The fourth-order valence-corrected chi connectivity index (χ4v) is 2.27. The number of nitrogens with one attached hydrogen (secondary N) is 1. The lowest BCUT2D eigenvalue weighted by molar-refractivity contribution is -0.149. The van der Waals surface area contributed by atoms with E-state index in [2.05, 4.69) is 5.32 Å². The molecule has 1 amide bonds. The molecule has 1 saturated carbocycles. The Bertz CT molecular complexity index is 550. The van der Waals surface area contributed by atoms with E-state index in [-0.39, 0.29) is 12.5 Å². The summed E-state index contributed by atoms with van der Waals surface area (Å²) >= 11 is 0. The molecule has 22 heavy (non-hydrogen) atoms. The molecule has 1 aliphatic rings. The maximum atomic E-state index is 12.3. The molecule has 5 nitrogen and oxygen atoms in total. The van der Waals surface area contributed by atoms with Gasteiger partial charge in [-0.2, -0.15) is 0 Å². The molecule has 0 heterocycles. The molecule has 1 aromatic rings. The maximum absolute atomic E-state index is 12.3. The zero-order chi connectivity index (χ0) is 16.4. The molecule has 0 saturated heterocycles. The van der Waals surface area contributed by atoms with Gasteiger partial charge in [0.05, 0.1) is 0 Å². The summed E-state index contributed by atoms with van der Waals surface area (Å²) in [7, 11) is 0. The highest BCUT2D eigenvalue weighted by molar-refractivity contribution is 5.89. The van der Waals surface area contributed by atoms with Crippen LogP contribution in [0.1, 0.15) is 39.7 Å². The number of ether oxygens (including phenoxy) is 2. The Morgan fingerprint density at radius 2 is 1.86 bits per heavy atom. The molecular formula is C17H23NO4. The number of amides is 1. The predicted molar refractivity (Wildman–Crippen MR) is 82.1 cm³/mol. The summed E-state index contributed by atoms with van der Waals surface area (Å²) in [6, 6.07) is 9.45. The van der Waals surface area contributed by atoms with Crippen LogP contribution in [-0.4, -0.2) is 23.2 Å². The Labute approximate surface area is 131 Å². The van der Waals surface area contributed by atoms with E-state index in [1.807, 2.05) is 37.3 Å². The van der Waals surface area contributed by atoms with E-state index in [1.54, 1.807) is 20.8 Å². The number of hydrogen-bond donors (Lipinski definition) is 1. The average molecular weight is 305 g/mol. The molecule has 1 N–H and O–H groups in total. The number of carbonyl (C=O) groups is 2. The van der Waals surface area contributed by atoms with Gasteiger partial charge in [-0.3, -0.25) is 0 Å². The second kappa shape index (κ2) is 5.99. The van der Waals surface area contributed by atoms with Crippen molar-refractivity contribution in [2.24, 2.45) is 5.92 Å². The molecule has 0 bridgehead atoms. The number of rotatable bonds is 4. The van der Waals surface area contributed by atoms with Gasteiger partial charge in [0.25, 0.3) is 0 Å². The van der Waals surface area contributed by atoms with Crippen molar-refractivity contribution in [3.8, 4) is 0 Å². The Hall–Kier alpha value is -2.04. The van der Waals surface area contributed by atoms with Crippen LogP contribution in [0, 0.1) is 5.92 Å². The van der Waals surface area contributed by atoms with Gasteiger partial charge in [-0.15, -0.1) is 0 Å². The van der Waals surface area contributed by atoms with Crippen molar-refractivity contribution >= 4 is 12.1 Å². The molecule has 0 unspecified atom stereocenters. The third kappa shape index (κ3) is 4.00. The highest BCUT2D eigenvalue weighted by Gasteiger charge is 2.60. The first kappa shape index (κ1) is 16.3. The lowest BCUT2D eigenvalue weighted by atomic mass is 10.2. The highest BCUT2D eigenvalue weighted by atomic mass is 16.6. The van der Waals surface area contributed by atoms with E-state index in [9.17, 15) is 9.59 Å². The van der Waals surface area contributed by atoms with Gasteiger partial charge in [0.15, 0.2) is 0 Å². The van der Waals surface area contributed by atoms with Gasteiger partial charge < -0.3 is 14.8 Å². The minimum absolute atomic E-state index is 0.0447. The number of hydrogen-bond acceptors (Lipinski definition) is 4. The molecule has 2 rings (SSSR count). The molecule has 1 aromatic carbocycles. The summed E-state index contributed by atoms with van der Waals surface area (Å²) in [5.41, 5.74) is -0.634. The van der Waals surface area contributed by atoms with E-state index < -0.39 is 23.2 Å². The summed E-state index contributed by atoms with van der Waals surface area (Å²) in [4.78, 5) is 24.2. The van der Waals surface area contributed by atoms with E-state index in [1.165, 1.54) is 0 Å². The fraction of sp³-hybridized carbons (Fsp3) is 0.529. The lowest BCUT2D eigenvalue weighted by Gasteiger charge is -2.23. The fourth-order valence-electron chi connectivity index (χ4n) is 2.27. The van der Waals surface area contributed by atoms with Crippen molar-refractivity contribution in [2.75, 3.05) is 0 Å². The van der Waals surface area contributed by atoms with Crippen LogP contribution in [0.2, 0.25) is 0 Å². The van der Waals surface area contributed by atoms with Gasteiger partial charge >= 0.3 is 12.1 Å². The average Bonchev–Trinajstić information content (AvgIpc) is 3.06. The van der Waals surface area contributed by atoms with Gasteiger partial charge in [0.1, 0.15) is 17.7 Å². The van der Waals surface area contributed by atoms with Crippen molar-refractivity contribution in [3.63, 3.8) is 0 Å². The quantitative estimate of drug-likeness (QED) is 0.868. The Balaban J connectivity index is 1.93. The molecule has 0 aliphatic heterocycles. The van der Waals surface area contributed by atoms with Crippen LogP contribution in [0.4, 0.5) is 4.79 Å². The molecule has 5 heteroatoms. The first-order valence-electron chi connectivity index (χ1n) is 7.45. The van der Waals surface area contributed by atoms with E-state index >= 15 is 0 Å². The maximum Gasteiger partial charge on any atom is 0.408 e. The van der Waals surface area contributed by atoms with Crippen LogP contribution in [0.25, 0.3) is 0 Å². The van der Waals surface area contributed by atoms with Crippen LogP contribution in [0.3, 0.4) is 0 Å². The molecular weight excluding hydrogens is 282 g/mol. The van der Waals surface area contributed by atoms with Crippen molar-refractivity contribution < 1.29 is 19.1 Å². The molecule has 0 spiro atoms. The Morgan fingerprint density at radius 3 is 2.36 bits per heavy atom. The third-order valence-electron chi connectivity index (χ3n) is 3.61. The van der Waals surface area contributed by atoms with Gasteiger partial charge in [-0.05, 0) is 38.7 Å². The van der Waals surface area contributed by atoms with Crippen molar-refractivity contribution in [1.82, 2.24) is 5.32 Å². The predicted octanol–water partition coefficient (Wildman–Crippen LogP) is 3.03. The number of alkyl carbamates (subject to hydrolysis) is 1. The summed E-state index contributed by atoms with van der Waals surface area (Å²) in [5.74, 6) is -0.363. The first-order valence-corrected chi connectivity index (χ1v) is 7.45. The number of benzene rings is 1. The lowest BCUT2D eigenvalue weighted by Crippen LogP contribution is -2.47. The second-order valence-corrected chi connectivity index (χ2v) is 6.77. The first-order chi connectivity index (χ1) is 10.2. The van der Waals surface area contributed by atoms with Crippen molar-refractivity contribution in [1.29, 1.82) is 0 Å².